The van der Waals surface area contributed by atoms with E-state index in [1.54, 1.807) is 27.8 Å². The van der Waals surface area contributed by atoms with E-state index in [0.717, 1.165) is 6.08 Å². The molecule has 7 nitrogen and oxygen atoms in total. The first-order chi connectivity index (χ1) is 16.5. The molecule has 0 saturated carbocycles. The molecule has 0 aromatic carbocycles. The predicted molar refractivity (Wildman–Crippen MR) is 130 cm³/mol. The van der Waals surface area contributed by atoms with Crippen LogP contribution < -0.4 is 4.90 Å². The molecule has 0 amide bonds. The van der Waals surface area contributed by atoms with E-state index in [0.29, 0.717) is 43.6 Å². The van der Waals surface area contributed by atoms with Crippen LogP contribution in [0.4, 0.5) is 19.0 Å². The molecule has 197 valence electrons. The van der Waals surface area contributed by atoms with Crippen LogP contribution in [-0.2, 0) is 42.2 Å². The Morgan fingerprint density at radius 3 is 2.39 bits per heavy atom. The maximum atomic E-state index is 14.3. The fourth-order valence-corrected chi connectivity index (χ4v) is 2.79. The molecular formula is C25H34F3N4O3Y-. The van der Waals surface area contributed by atoms with Gasteiger partial charge in [0.2, 0.25) is 0 Å². The largest absolute Gasteiger partial charge is 0.665 e. The van der Waals surface area contributed by atoms with E-state index in [1.807, 2.05) is 6.07 Å². The Bertz CT molecular complexity index is 885. The summed E-state index contributed by atoms with van der Waals surface area (Å²) < 4.78 is 52.8. The second-order valence-electron chi connectivity index (χ2n) is 8.85. The third-order valence-corrected chi connectivity index (χ3v) is 4.36. The first-order valence-corrected chi connectivity index (χ1v) is 11.1. The molecule has 2 heterocycles. The zero-order chi connectivity index (χ0) is 26.4. The number of nitriles is 1. The van der Waals surface area contributed by atoms with E-state index in [9.17, 15) is 13.2 Å². The molecule has 1 aromatic rings. The second kappa shape index (κ2) is 17.8. The predicted octanol–water partition coefficient (Wildman–Crippen LogP) is 5.11. The van der Waals surface area contributed by atoms with Gasteiger partial charge in [0.15, 0.2) is 17.9 Å². The van der Waals surface area contributed by atoms with Gasteiger partial charge in [-0.05, 0) is 44.9 Å². The smallest absolute Gasteiger partial charge is 0.159 e. The minimum absolute atomic E-state index is 0. The van der Waals surface area contributed by atoms with Crippen LogP contribution >= 0.6 is 0 Å². The molecule has 1 fully saturated rings. The van der Waals surface area contributed by atoms with Gasteiger partial charge in [0.1, 0.15) is 17.7 Å². The summed E-state index contributed by atoms with van der Waals surface area (Å²) in [6, 6.07) is 5.01. The molecule has 1 aliphatic rings. The standard InChI is InChI=1S/C21H24F3N4O2.C4H10O.Y/c1-3-17(22)8-18(23)19(24)12-28(20-5-4-15(9-25)11-27-20)7-6-21-29-13-16(10-26-2)14-30-21;1-4(2,3)5;/h3-5,8,11,16,21H,1,6-7,10,12-14H2,2H3;5H,1-3H3;/q-1;;/b17-8+,19-18+;;. The SMILES string of the molecule is C=C/C(F)=C\C(F)=C(/F)CN(CCC1OCC(C[N-]C)CO1)c1ccc(C#N)cn1.CC(C)(C)O.[Y]. The molecule has 0 aliphatic carbocycles. The Kier molecular flexibility index (Phi) is 17.0. The van der Waals surface area contributed by atoms with E-state index in [1.165, 1.54) is 23.2 Å². The number of pyridine rings is 1. The van der Waals surface area contributed by atoms with Crippen molar-refractivity contribution in [3.8, 4) is 6.07 Å². The third-order valence-electron chi connectivity index (χ3n) is 4.36. The Morgan fingerprint density at radius 1 is 1.31 bits per heavy atom. The first-order valence-electron chi connectivity index (χ1n) is 11.1. The summed E-state index contributed by atoms with van der Waals surface area (Å²) in [6.07, 6.45) is 2.44. The molecule has 1 aromatic heterocycles. The summed E-state index contributed by atoms with van der Waals surface area (Å²) in [5.41, 5.74) is -0.164. The maximum absolute atomic E-state index is 14.3. The molecule has 0 unspecified atom stereocenters. The van der Waals surface area contributed by atoms with Crippen molar-refractivity contribution in [2.24, 2.45) is 5.92 Å². The van der Waals surface area contributed by atoms with Gasteiger partial charge in [-0.15, -0.1) is 6.54 Å². The Balaban J connectivity index is 0.00000185. The Morgan fingerprint density at radius 2 is 1.92 bits per heavy atom. The van der Waals surface area contributed by atoms with Crippen molar-refractivity contribution in [2.75, 3.05) is 44.8 Å². The van der Waals surface area contributed by atoms with E-state index < -0.39 is 35.9 Å². The quantitative estimate of drug-likeness (QED) is 0.385. The molecule has 2 rings (SSSR count). The second-order valence-corrected chi connectivity index (χ2v) is 8.85. The zero-order valence-electron chi connectivity index (χ0n) is 21.3. The number of rotatable bonds is 10. The zero-order valence-corrected chi connectivity index (χ0v) is 24.1. The van der Waals surface area contributed by atoms with E-state index in [4.69, 9.17) is 19.8 Å². The number of aliphatic hydroxyl groups is 1. The van der Waals surface area contributed by atoms with E-state index in [-0.39, 0.29) is 45.2 Å². The van der Waals surface area contributed by atoms with Crippen molar-refractivity contribution < 1.29 is 60.5 Å². The minimum atomic E-state index is -1.33. The fraction of sp³-hybridized carbons (Fsp3) is 0.520. The fourth-order valence-electron chi connectivity index (χ4n) is 2.79. The van der Waals surface area contributed by atoms with Gasteiger partial charge in [-0.3, -0.25) is 0 Å². The van der Waals surface area contributed by atoms with Crippen LogP contribution in [0.2, 0.25) is 0 Å². The third kappa shape index (κ3) is 14.8. The summed E-state index contributed by atoms with van der Waals surface area (Å²) in [4.78, 5) is 5.60. The van der Waals surface area contributed by atoms with Crippen molar-refractivity contribution >= 4 is 5.82 Å². The number of hydrogen-bond acceptors (Lipinski definition) is 6. The van der Waals surface area contributed by atoms with Crippen LogP contribution in [0.5, 0.6) is 0 Å². The Labute approximate surface area is 236 Å². The summed E-state index contributed by atoms with van der Waals surface area (Å²) >= 11 is 0. The van der Waals surface area contributed by atoms with Crippen molar-refractivity contribution in [1.29, 1.82) is 5.26 Å². The molecule has 0 atom stereocenters. The van der Waals surface area contributed by atoms with Crippen LogP contribution in [0.15, 0.2) is 54.5 Å². The summed E-state index contributed by atoms with van der Waals surface area (Å²) in [5.74, 6) is -2.94. The van der Waals surface area contributed by atoms with Crippen molar-refractivity contribution in [3.05, 3.63) is 65.4 Å². The number of halogens is 3. The van der Waals surface area contributed by atoms with Crippen molar-refractivity contribution in [3.63, 3.8) is 0 Å². The van der Waals surface area contributed by atoms with Gasteiger partial charge in [0, 0.05) is 57.9 Å². The molecule has 0 spiro atoms. The number of ether oxygens (including phenoxy) is 2. The summed E-state index contributed by atoms with van der Waals surface area (Å²) in [7, 11) is 1.73. The Hall–Kier alpha value is -1.61. The van der Waals surface area contributed by atoms with Crippen LogP contribution in [-0.4, -0.2) is 61.9 Å². The number of hydrogen-bond donors (Lipinski definition) is 1. The van der Waals surface area contributed by atoms with E-state index in [2.05, 4.69) is 16.9 Å². The average Bonchev–Trinajstić information content (AvgIpc) is 2.81. The van der Waals surface area contributed by atoms with E-state index >= 15 is 0 Å². The van der Waals surface area contributed by atoms with Crippen molar-refractivity contribution in [1.82, 2.24) is 4.98 Å². The monoisotopic (exact) mass is 584 g/mol. The van der Waals surface area contributed by atoms with Gasteiger partial charge >= 0.3 is 0 Å². The molecule has 1 aliphatic heterocycles. The molecule has 1 radical (unpaired) electrons. The minimum Gasteiger partial charge on any atom is -0.665 e. The molecule has 11 heteroatoms. The number of anilines is 1. The van der Waals surface area contributed by atoms with Gasteiger partial charge < -0.3 is 24.8 Å². The normalized spacial score (nSPS) is 18.6. The van der Waals surface area contributed by atoms with Crippen LogP contribution in [0.1, 0.15) is 32.8 Å². The van der Waals surface area contributed by atoms with Gasteiger partial charge in [-0.2, -0.15) is 12.3 Å². The first kappa shape index (κ1) is 34.4. The maximum Gasteiger partial charge on any atom is 0.159 e. The molecular weight excluding hydrogens is 550 g/mol. The molecule has 36 heavy (non-hydrogen) atoms. The summed E-state index contributed by atoms with van der Waals surface area (Å²) in [5, 5.41) is 21.5. The summed E-state index contributed by atoms with van der Waals surface area (Å²) in [6.45, 7) is 9.81. The van der Waals surface area contributed by atoms with Gasteiger partial charge in [0.05, 0.1) is 30.9 Å². The van der Waals surface area contributed by atoms with Crippen molar-refractivity contribution in [2.45, 2.75) is 39.1 Å². The average molecular weight is 584 g/mol. The van der Waals surface area contributed by atoms with Gasteiger partial charge in [-0.25, -0.2) is 18.2 Å². The van der Waals surface area contributed by atoms with Gasteiger partial charge in [0.25, 0.3) is 0 Å². The number of aromatic nitrogens is 1. The van der Waals surface area contributed by atoms with Crippen LogP contribution in [0.25, 0.3) is 5.32 Å². The topological polar surface area (TPSA) is 92.7 Å². The van der Waals surface area contributed by atoms with Gasteiger partial charge in [-0.1, -0.05) is 6.58 Å². The molecule has 1 saturated heterocycles. The number of allylic oxidation sites excluding steroid dienone is 4. The molecule has 1 N–H and O–H groups in total. The number of nitrogens with zero attached hydrogens (tertiary/aromatic N) is 4. The van der Waals surface area contributed by atoms with Crippen LogP contribution in [0, 0.1) is 17.2 Å². The van der Waals surface area contributed by atoms with Crippen LogP contribution in [0.3, 0.4) is 0 Å². The molecule has 0 bridgehead atoms.